The second kappa shape index (κ2) is 5.25. The molecule has 1 aromatic heterocycles. The van der Waals surface area contributed by atoms with E-state index < -0.39 is 0 Å². The number of ketones is 2. The number of carbonyl (C=O) groups is 2. The summed E-state index contributed by atoms with van der Waals surface area (Å²) in [5.74, 6) is -0.0869. The van der Waals surface area contributed by atoms with Crippen molar-refractivity contribution in [2.24, 2.45) is 0 Å². The molecule has 3 nitrogen and oxygen atoms in total. The maximum atomic E-state index is 12.8. The average Bonchev–Trinajstić information content (AvgIpc) is 3.04. The third-order valence-electron chi connectivity index (χ3n) is 4.26. The average molecular weight is 319 g/mol. The number of hydrogen-bond acceptors (Lipinski definition) is 4. The highest BCUT2D eigenvalue weighted by atomic mass is 32.1. The van der Waals surface area contributed by atoms with E-state index in [4.69, 9.17) is 0 Å². The normalized spacial score (nSPS) is 14.5. The Bertz CT molecular complexity index is 997. The molecular formula is C19H13NO2S. The van der Waals surface area contributed by atoms with E-state index in [1.54, 1.807) is 42.5 Å². The first-order valence-electron chi connectivity index (χ1n) is 7.35. The van der Waals surface area contributed by atoms with Gasteiger partial charge in [0.25, 0.3) is 0 Å². The van der Waals surface area contributed by atoms with Gasteiger partial charge in [-0.3, -0.25) is 9.59 Å². The SMILES string of the molecule is CC1=C(Cc2ccc3ncsc3c2)C(=O)c2ccccc2C1=O. The fourth-order valence-electron chi connectivity index (χ4n) is 2.98. The number of rotatable bonds is 2. The summed E-state index contributed by atoms with van der Waals surface area (Å²) in [7, 11) is 0. The van der Waals surface area contributed by atoms with Crippen molar-refractivity contribution in [3.8, 4) is 0 Å². The van der Waals surface area contributed by atoms with Gasteiger partial charge in [-0.25, -0.2) is 4.98 Å². The summed E-state index contributed by atoms with van der Waals surface area (Å²) in [6.45, 7) is 1.75. The highest BCUT2D eigenvalue weighted by Gasteiger charge is 2.29. The summed E-state index contributed by atoms with van der Waals surface area (Å²) < 4.78 is 1.09. The van der Waals surface area contributed by atoms with Gasteiger partial charge < -0.3 is 0 Å². The molecule has 1 aliphatic rings. The molecule has 112 valence electrons. The van der Waals surface area contributed by atoms with Gasteiger partial charge >= 0.3 is 0 Å². The zero-order valence-electron chi connectivity index (χ0n) is 12.5. The Kier molecular flexibility index (Phi) is 3.20. The standard InChI is InChI=1S/C19H13NO2S/c1-11-15(8-12-6-7-16-17(9-12)23-10-20-16)19(22)14-5-3-2-4-13(14)18(11)21/h2-7,9-10H,8H2,1H3. The molecule has 23 heavy (non-hydrogen) atoms. The van der Waals surface area contributed by atoms with Gasteiger partial charge in [0, 0.05) is 28.7 Å². The molecule has 0 atom stereocenters. The van der Waals surface area contributed by atoms with Crippen molar-refractivity contribution in [3.05, 3.63) is 75.8 Å². The smallest absolute Gasteiger partial charge is 0.190 e. The lowest BCUT2D eigenvalue weighted by molar-refractivity contribution is 0.0973. The monoisotopic (exact) mass is 319 g/mol. The molecule has 0 unspecified atom stereocenters. The molecule has 0 aliphatic heterocycles. The van der Waals surface area contributed by atoms with Crippen LogP contribution >= 0.6 is 11.3 Å². The summed E-state index contributed by atoms with van der Waals surface area (Å²) in [6, 6.07) is 13.0. The summed E-state index contributed by atoms with van der Waals surface area (Å²) >= 11 is 1.58. The van der Waals surface area contributed by atoms with Gasteiger partial charge in [0.1, 0.15) is 0 Å². The molecule has 0 saturated heterocycles. The Morgan fingerprint density at radius 1 is 1.00 bits per heavy atom. The van der Waals surface area contributed by atoms with Crippen molar-refractivity contribution in [3.63, 3.8) is 0 Å². The number of aromatic nitrogens is 1. The van der Waals surface area contributed by atoms with Crippen LogP contribution in [0.5, 0.6) is 0 Å². The molecule has 0 amide bonds. The zero-order chi connectivity index (χ0) is 16.0. The van der Waals surface area contributed by atoms with E-state index in [-0.39, 0.29) is 11.6 Å². The quantitative estimate of drug-likeness (QED) is 0.710. The molecule has 0 saturated carbocycles. The molecular weight excluding hydrogens is 306 g/mol. The van der Waals surface area contributed by atoms with Crippen LogP contribution in [0.3, 0.4) is 0 Å². The Hall–Kier alpha value is -2.59. The minimum atomic E-state index is -0.0472. The second-order valence-corrected chi connectivity index (χ2v) is 6.52. The third kappa shape index (κ3) is 2.23. The molecule has 1 heterocycles. The molecule has 2 aromatic carbocycles. The van der Waals surface area contributed by atoms with E-state index in [9.17, 15) is 9.59 Å². The van der Waals surface area contributed by atoms with Gasteiger partial charge in [0.05, 0.1) is 15.7 Å². The van der Waals surface area contributed by atoms with Crippen LogP contribution < -0.4 is 0 Å². The highest BCUT2D eigenvalue weighted by molar-refractivity contribution is 7.16. The first kappa shape index (κ1) is 14.0. The van der Waals surface area contributed by atoms with Gasteiger partial charge in [-0.2, -0.15) is 0 Å². The van der Waals surface area contributed by atoms with Crippen LogP contribution in [0, 0.1) is 0 Å². The molecule has 4 rings (SSSR count). The van der Waals surface area contributed by atoms with E-state index in [0.717, 1.165) is 15.8 Å². The van der Waals surface area contributed by atoms with Gasteiger partial charge in [0.15, 0.2) is 11.6 Å². The third-order valence-corrected chi connectivity index (χ3v) is 5.05. The minimum absolute atomic E-state index is 0.0397. The number of nitrogens with zero attached hydrogens (tertiary/aromatic N) is 1. The number of thiazole rings is 1. The molecule has 1 aliphatic carbocycles. The maximum absolute atomic E-state index is 12.8. The van der Waals surface area contributed by atoms with Crippen LogP contribution in [-0.2, 0) is 6.42 Å². The van der Waals surface area contributed by atoms with Crippen LogP contribution in [0.1, 0.15) is 33.2 Å². The lowest BCUT2D eigenvalue weighted by Gasteiger charge is -2.19. The first-order valence-corrected chi connectivity index (χ1v) is 8.23. The molecule has 0 N–H and O–H groups in total. The van der Waals surface area contributed by atoms with E-state index >= 15 is 0 Å². The Morgan fingerprint density at radius 3 is 2.52 bits per heavy atom. The predicted molar refractivity (Wildman–Crippen MR) is 91.1 cm³/mol. The lowest BCUT2D eigenvalue weighted by Crippen LogP contribution is -2.22. The molecule has 4 heteroatoms. The lowest BCUT2D eigenvalue weighted by atomic mass is 9.82. The number of hydrogen-bond donors (Lipinski definition) is 0. The first-order chi connectivity index (χ1) is 11.1. The van der Waals surface area contributed by atoms with Crippen molar-refractivity contribution in [2.75, 3.05) is 0 Å². The molecule has 0 bridgehead atoms. The van der Waals surface area contributed by atoms with E-state index in [0.29, 0.717) is 28.7 Å². The summed E-state index contributed by atoms with van der Waals surface area (Å²) in [4.78, 5) is 29.6. The number of fused-ring (bicyclic) bond motifs is 2. The van der Waals surface area contributed by atoms with Gasteiger partial charge in [0.2, 0.25) is 0 Å². The van der Waals surface area contributed by atoms with Crippen LogP contribution in [0.25, 0.3) is 10.2 Å². The van der Waals surface area contributed by atoms with Crippen LogP contribution in [0.2, 0.25) is 0 Å². The van der Waals surface area contributed by atoms with Gasteiger partial charge in [-0.1, -0.05) is 30.3 Å². The van der Waals surface area contributed by atoms with E-state index in [1.807, 2.05) is 23.7 Å². The fraction of sp³-hybridized carbons (Fsp3) is 0.105. The molecule has 0 radical (unpaired) electrons. The Morgan fingerprint density at radius 2 is 1.74 bits per heavy atom. The van der Waals surface area contributed by atoms with Crippen LogP contribution in [0.4, 0.5) is 0 Å². The Balaban J connectivity index is 1.77. The van der Waals surface area contributed by atoms with E-state index in [1.165, 1.54) is 0 Å². The highest BCUT2D eigenvalue weighted by Crippen LogP contribution is 2.29. The Labute approximate surface area is 137 Å². The summed E-state index contributed by atoms with van der Waals surface area (Å²) in [5, 5.41) is 0. The summed E-state index contributed by atoms with van der Waals surface area (Å²) in [5.41, 5.74) is 5.96. The van der Waals surface area contributed by atoms with Crippen LogP contribution in [0.15, 0.2) is 59.1 Å². The van der Waals surface area contributed by atoms with Crippen molar-refractivity contribution in [2.45, 2.75) is 13.3 Å². The fourth-order valence-corrected chi connectivity index (χ4v) is 3.72. The van der Waals surface area contributed by atoms with Crippen molar-refractivity contribution in [1.82, 2.24) is 4.98 Å². The zero-order valence-corrected chi connectivity index (χ0v) is 13.3. The maximum Gasteiger partial charge on any atom is 0.190 e. The second-order valence-electron chi connectivity index (χ2n) is 5.64. The predicted octanol–water partition coefficient (Wildman–Crippen LogP) is 4.23. The molecule has 3 aromatic rings. The molecule has 0 spiro atoms. The topological polar surface area (TPSA) is 47.0 Å². The number of benzene rings is 2. The van der Waals surface area contributed by atoms with Crippen LogP contribution in [-0.4, -0.2) is 16.6 Å². The van der Waals surface area contributed by atoms with Gasteiger partial charge in [-0.05, 0) is 24.6 Å². The minimum Gasteiger partial charge on any atom is -0.289 e. The summed E-state index contributed by atoms with van der Waals surface area (Å²) in [6.07, 6.45) is 0.471. The number of Topliss-reactive ketones (excluding diaryl/α,β-unsaturated/α-hetero) is 2. The number of allylic oxidation sites excluding steroid dienone is 2. The van der Waals surface area contributed by atoms with Crippen molar-refractivity contribution in [1.29, 1.82) is 0 Å². The van der Waals surface area contributed by atoms with Crippen molar-refractivity contribution < 1.29 is 9.59 Å². The van der Waals surface area contributed by atoms with E-state index in [2.05, 4.69) is 4.98 Å². The largest absolute Gasteiger partial charge is 0.289 e. The number of carbonyl (C=O) groups excluding carboxylic acids is 2. The van der Waals surface area contributed by atoms with Crippen molar-refractivity contribution >= 4 is 33.1 Å². The molecule has 0 fully saturated rings. The van der Waals surface area contributed by atoms with Gasteiger partial charge in [-0.15, -0.1) is 11.3 Å².